The minimum atomic E-state index is -1.09. The van der Waals surface area contributed by atoms with Gasteiger partial charge in [-0.3, -0.25) is 0 Å². The van der Waals surface area contributed by atoms with Crippen LogP contribution < -0.4 is 0 Å². The molecule has 5 heteroatoms. The van der Waals surface area contributed by atoms with Crippen molar-refractivity contribution < 1.29 is 24.2 Å². The highest BCUT2D eigenvalue weighted by molar-refractivity contribution is 5.72. The van der Waals surface area contributed by atoms with Crippen molar-refractivity contribution in [3.8, 4) is 0 Å². The average molecular weight is 218 g/mol. The molecule has 0 amide bonds. The second-order valence-electron chi connectivity index (χ2n) is 3.17. The molecule has 88 valence electrons. The number of esters is 1. The van der Waals surface area contributed by atoms with E-state index < -0.39 is 18.5 Å². The van der Waals surface area contributed by atoms with Crippen LogP contribution in [0.4, 0.5) is 0 Å². The standard InChI is InChI=1S/C10H18O5/c1-2-3-4-5-6-15-10(13)8-14-7-9(11)12/h2-8H2,1H3,(H,11,12). The summed E-state index contributed by atoms with van der Waals surface area (Å²) in [5, 5.41) is 8.22. The van der Waals surface area contributed by atoms with Crippen LogP contribution >= 0.6 is 0 Å². The Balaban J connectivity index is 3.22. The lowest BCUT2D eigenvalue weighted by molar-refractivity contribution is -0.152. The summed E-state index contributed by atoms with van der Waals surface area (Å²) in [7, 11) is 0. The van der Waals surface area contributed by atoms with E-state index in [2.05, 4.69) is 11.7 Å². The Bertz CT molecular complexity index is 190. The Kier molecular flexibility index (Phi) is 8.76. The Morgan fingerprint density at radius 3 is 2.47 bits per heavy atom. The summed E-state index contributed by atoms with van der Waals surface area (Å²) in [5.41, 5.74) is 0. The second kappa shape index (κ2) is 9.45. The third-order valence-corrected chi connectivity index (χ3v) is 1.71. The fraction of sp³-hybridized carbons (Fsp3) is 0.800. The highest BCUT2D eigenvalue weighted by Crippen LogP contribution is 1.98. The topological polar surface area (TPSA) is 72.8 Å². The molecule has 0 aromatic carbocycles. The van der Waals surface area contributed by atoms with Crippen molar-refractivity contribution in [2.75, 3.05) is 19.8 Å². The zero-order valence-corrected chi connectivity index (χ0v) is 9.03. The van der Waals surface area contributed by atoms with Gasteiger partial charge >= 0.3 is 11.9 Å². The number of carbonyl (C=O) groups is 2. The molecule has 1 N–H and O–H groups in total. The zero-order chi connectivity index (χ0) is 11.5. The van der Waals surface area contributed by atoms with Crippen LogP contribution in [0.25, 0.3) is 0 Å². The summed E-state index contributed by atoms with van der Waals surface area (Å²) in [6, 6.07) is 0. The number of aliphatic carboxylic acids is 1. The predicted octanol–water partition coefficient (Wildman–Crippen LogP) is 1.21. The maximum absolute atomic E-state index is 10.9. The largest absolute Gasteiger partial charge is 0.480 e. The number of carboxylic acid groups (broad SMARTS) is 1. The van der Waals surface area contributed by atoms with Gasteiger partial charge in [-0.2, -0.15) is 0 Å². The maximum atomic E-state index is 10.9. The van der Waals surface area contributed by atoms with E-state index >= 15 is 0 Å². The first kappa shape index (κ1) is 13.9. The van der Waals surface area contributed by atoms with E-state index in [4.69, 9.17) is 9.84 Å². The first-order valence-electron chi connectivity index (χ1n) is 5.12. The highest BCUT2D eigenvalue weighted by Gasteiger charge is 2.04. The Morgan fingerprint density at radius 1 is 1.13 bits per heavy atom. The van der Waals surface area contributed by atoms with E-state index in [-0.39, 0.29) is 6.61 Å². The number of unbranched alkanes of at least 4 members (excludes halogenated alkanes) is 3. The third-order valence-electron chi connectivity index (χ3n) is 1.71. The highest BCUT2D eigenvalue weighted by atomic mass is 16.6. The smallest absolute Gasteiger partial charge is 0.332 e. The monoisotopic (exact) mass is 218 g/mol. The lowest BCUT2D eigenvalue weighted by Gasteiger charge is -2.04. The Hall–Kier alpha value is -1.10. The van der Waals surface area contributed by atoms with Gasteiger partial charge in [0.05, 0.1) is 6.61 Å². The molecule has 0 aromatic heterocycles. The molecule has 0 spiro atoms. The quantitative estimate of drug-likeness (QED) is 0.465. The normalized spacial score (nSPS) is 9.93. The van der Waals surface area contributed by atoms with Crippen LogP contribution in [0.15, 0.2) is 0 Å². The maximum Gasteiger partial charge on any atom is 0.332 e. The molecule has 0 saturated heterocycles. The summed E-state index contributed by atoms with van der Waals surface area (Å²) in [6.07, 6.45) is 4.15. The lowest BCUT2D eigenvalue weighted by atomic mass is 10.2. The SMILES string of the molecule is CCCCCCOC(=O)COCC(=O)O. The fourth-order valence-corrected chi connectivity index (χ4v) is 0.978. The van der Waals surface area contributed by atoms with Gasteiger partial charge in [0.15, 0.2) is 0 Å². The van der Waals surface area contributed by atoms with E-state index in [0.717, 1.165) is 25.7 Å². The molecule has 0 aromatic rings. The molecule has 0 atom stereocenters. The van der Waals surface area contributed by atoms with Crippen molar-refractivity contribution in [3.63, 3.8) is 0 Å². The molecule has 0 unspecified atom stereocenters. The summed E-state index contributed by atoms with van der Waals surface area (Å²) in [6.45, 7) is 1.73. The van der Waals surface area contributed by atoms with Crippen molar-refractivity contribution in [1.29, 1.82) is 0 Å². The number of carbonyl (C=O) groups excluding carboxylic acids is 1. The van der Waals surface area contributed by atoms with Crippen LogP contribution in [-0.4, -0.2) is 36.9 Å². The minimum absolute atomic E-state index is 0.292. The summed E-state index contributed by atoms with van der Waals surface area (Å²) in [4.78, 5) is 21.0. The molecular weight excluding hydrogens is 200 g/mol. The van der Waals surface area contributed by atoms with Gasteiger partial charge in [-0.15, -0.1) is 0 Å². The molecule has 0 aliphatic heterocycles. The van der Waals surface area contributed by atoms with Gasteiger partial charge in [0.1, 0.15) is 13.2 Å². The van der Waals surface area contributed by atoms with Gasteiger partial charge in [0.2, 0.25) is 0 Å². The molecule has 0 heterocycles. The molecule has 0 rings (SSSR count). The van der Waals surface area contributed by atoms with E-state index in [1.165, 1.54) is 0 Å². The Morgan fingerprint density at radius 2 is 1.87 bits per heavy atom. The second-order valence-corrected chi connectivity index (χ2v) is 3.17. The van der Waals surface area contributed by atoms with E-state index in [1.54, 1.807) is 0 Å². The van der Waals surface area contributed by atoms with Crippen molar-refractivity contribution >= 4 is 11.9 Å². The summed E-state index contributed by atoms with van der Waals surface area (Å²) in [5.74, 6) is -1.60. The van der Waals surface area contributed by atoms with Gasteiger partial charge < -0.3 is 14.6 Å². The molecule has 0 aliphatic rings. The van der Waals surface area contributed by atoms with Gasteiger partial charge in [-0.1, -0.05) is 26.2 Å². The Labute approximate surface area is 89.4 Å². The number of hydrogen-bond donors (Lipinski definition) is 1. The van der Waals surface area contributed by atoms with Gasteiger partial charge in [0, 0.05) is 0 Å². The van der Waals surface area contributed by atoms with Crippen molar-refractivity contribution in [2.24, 2.45) is 0 Å². The van der Waals surface area contributed by atoms with E-state index in [1.807, 2.05) is 0 Å². The first-order valence-corrected chi connectivity index (χ1v) is 5.12. The van der Waals surface area contributed by atoms with E-state index in [9.17, 15) is 9.59 Å². The van der Waals surface area contributed by atoms with Crippen LogP contribution in [0, 0.1) is 0 Å². The average Bonchev–Trinajstić information content (AvgIpc) is 2.17. The summed E-state index contributed by atoms with van der Waals surface area (Å²) >= 11 is 0. The van der Waals surface area contributed by atoms with Gasteiger partial charge in [-0.05, 0) is 6.42 Å². The van der Waals surface area contributed by atoms with Crippen LogP contribution in [-0.2, 0) is 19.1 Å². The van der Waals surface area contributed by atoms with Crippen LogP contribution in [0.5, 0.6) is 0 Å². The first-order chi connectivity index (χ1) is 7.16. The zero-order valence-electron chi connectivity index (χ0n) is 9.03. The lowest BCUT2D eigenvalue weighted by Crippen LogP contribution is -2.16. The number of rotatable bonds is 9. The van der Waals surface area contributed by atoms with Crippen LogP contribution in [0.2, 0.25) is 0 Å². The number of hydrogen-bond acceptors (Lipinski definition) is 4. The molecular formula is C10H18O5. The molecule has 0 bridgehead atoms. The predicted molar refractivity (Wildman–Crippen MR) is 53.6 cm³/mol. The summed E-state index contributed by atoms with van der Waals surface area (Å²) < 4.78 is 9.37. The van der Waals surface area contributed by atoms with Crippen LogP contribution in [0.3, 0.4) is 0 Å². The molecule has 0 aliphatic carbocycles. The van der Waals surface area contributed by atoms with Crippen LogP contribution in [0.1, 0.15) is 32.6 Å². The third kappa shape index (κ3) is 10.8. The van der Waals surface area contributed by atoms with Crippen molar-refractivity contribution in [2.45, 2.75) is 32.6 Å². The molecule has 0 fully saturated rings. The number of carboxylic acids is 1. The fourth-order valence-electron chi connectivity index (χ4n) is 0.978. The van der Waals surface area contributed by atoms with E-state index in [0.29, 0.717) is 6.61 Å². The van der Waals surface area contributed by atoms with Gasteiger partial charge in [0.25, 0.3) is 0 Å². The molecule has 5 nitrogen and oxygen atoms in total. The molecule has 0 saturated carbocycles. The van der Waals surface area contributed by atoms with Gasteiger partial charge in [-0.25, -0.2) is 9.59 Å². The molecule has 0 radical (unpaired) electrons. The minimum Gasteiger partial charge on any atom is -0.480 e. The molecule has 15 heavy (non-hydrogen) atoms. The number of ether oxygens (including phenoxy) is 2. The van der Waals surface area contributed by atoms with Crippen molar-refractivity contribution in [1.82, 2.24) is 0 Å². The van der Waals surface area contributed by atoms with Crippen molar-refractivity contribution in [3.05, 3.63) is 0 Å².